The largest absolute Gasteiger partial charge is 0.392 e. The number of hydrogen-bond donors (Lipinski definition) is 0. The van der Waals surface area contributed by atoms with E-state index < -0.39 is 0 Å². The molecule has 0 fully saturated rings. The van der Waals surface area contributed by atoms with Crippen LogP contribution in [0.1, 0.15) is 26.0 Å². The molecule has 0 spiro atoms. The molecule has 2 heterocycles. The predicted octanol–water partition coefficient (Wildman–Crippen LogP) is 2.23. The van der Waals surface area contributed by atoms with Gasteiger partial charge < -0.3 is 4.84 Å². The molecule has 1 aliphatic heterocycles. The molecule has 1 aliphatic rings. The molecule has 0 aliphatic carbocycles. The summed E-state index contributed by atoms with van der Waals surface area (Å²) in [4.78, 5) is 9.57. The predicted molar refractivity (Wildman–Crippen MR) is 55.1 cm³/mol. The van der Waals surface area contributed by atoms with Gasteiger partial charge in [0, 0.05) is 12.6 Å². The van der Waals surface area contributed by atoms with Gasteiger partial charge in [-0.2, -0.15) is 0 Å². The third-order valence-electron chi connectivity index (χ3n) is 2.40. The first kappa shape index (κ1) is 9.19. The summed E-state index contributed by atoms with van der Waals surface area (Å²) in [7, 11) is 0. The Morgan fingerprint density at radius 2 is 2.29 bits per heavy atom. The highest BCUT2D eigenvalue weighted by Crippen LogP contribution is 2.20. The molecule has 1 aromatic heterocycles. The average molecular weight is 190 g/mol. The van der Waals surface area contributed by atoms with Gasteiger partial charge in [0.1, 0.15) is 11.8 Å². The zero-order valence-electron chi connectivity index (χ0n) is 8.47. The summed E-state index contributed by atoms with van der Waals surface area (Å²) in [6, 6.07) is 5.83. The number of oxime groups is 1. The zero-order chi connectivity index (χ0) is 9.97. The van der Waals surface area contributed by atoms with Crippen molar-refractivity contribution in [1.82, 2.24) is 4.98 Å². The molecule has 14 heavy (non-hydrogen) atoms. The first-order valence-corrected chi connectivity index (χ1v) is 4.91. The van der Waals surface area contributed by atoms with Gasteiger partial charge in [0.25, 0.3) is 0 Å². The minimum atomic E-state index is 0.215. The van der Waals surface area contributed by atoms with Crippen LogP contribution >= 0.6 is 0 Å². The maximum absolute atomic E-state index is 5.33. The molecule has 74 valence electrons. The van der Waals surface area contributed by atoms with Gasteiger partial charge in [-0.25, -0.2) is 0 Å². The van der Waals surface area contributed by atoms with Crippen molar-refractivity contribution in [2.75, 3.05) is 0 Å². The van der Waals surface area contributed by atoms with Crippen LogP contribution in [0.5, 0.6) is 0 Å². The molecule has 0 saturated heterocycles. The zero-order valence-corrected chi connectivity index (χ0v) is 8.47. The van der Waals surface area contributed by atoms with E-state index in [1.807, 2.05) is 18.2 Å². The van der Waals surface area contributed by atoms with E-state index in [1.165, 1.54) is 0 Å². The van der Waals surface area contributed by atoms with Crippen LogP contribution in [0, 0.1) is 5.92 Å². The van der Waals surface area contributed by atoms with E-state index in [2.05, 4.69) is 24.0 Å². The lowest BCUT2D eigenvalue weighted by molar-refractivity contribution is 0.0521. The van der Waals surface area contributed by atoms with Crippen molar-refractivity contribution in [3.05, 3.63) is 30.1 Å². The normalized spacial score (nSPS) is 20.8. The molecule has 0 radical (unpaired) electrons. The van der Waals surface area contributed by atoms with Crippen LogP contribution in [0.15, 0.2) is 29.6 Å². The Balaban J connectivity index is 2.09. The van der Waals surface area contributed by atoms with E-state index in [0.717, 1.165) is 17.8 Å². The second-order valence-corrected chi connectivity index (χ2v) is 3.84. The molecular formula is C11H14N2O. The number of rotatable bonds is 2. The smallest absolute Gasteiger partial charge is 0.135 e. The highest BCUT2D eigenvalue weighted by molar-refractivity contribution is 5.99. The fourth-order valence-corrected chi connectivity index (χ4v) is 1.44. The highest BCUT2D eigenvalue weighted by Gasteiger charge is 2.25. The molecule has 3 nitrogen and oxygen atoms in total. The summed E-state index contributed by atoms with van der Waals surface area (Å²) in [5.74, 6) is 0.500. The highest BCUT2D eigenvalue weighted by atomic mass is 16.6. The lowest BCUT2D eigenvalue weighted by Gasteiger charge is -2.10. The molecule has 2 rings (SSSR count). The Bertz CT molecular complexity index is 332. The van der Waals surface area contributed by atoms with Gasteiger partial charge in [-0.3, -0.25) is 4.98 Å². The monoisotopic (exact) mass is 190 g/mol. The lowest BCUT2D eigenvalue weighted by Crippen LogP contribution is -2.15. The lowest BCUT2D eigenvalue weighted by atomic mass is 10.0. The van der Waals surface area contributed by atoms with E-state index >= 15 is 0 Å². The standard InChI is InChI=1S/C11H14N2O/c1-8(2)11-7-10(13-14-11)9-5-3-4-6-12-9/h3-6,8,11H,7H2,1-2H3. The van der Waals surface area contributed by atoms with Gasteiger partial charge in [0.05, 0.1) is 5.69 Å². The second-order valence-electron chi connectivity index (χ2n) is 3.84. The maximum atomic E-state index is 5.33. The molecule has 3 heteroatoms. The second kappa shape index (κ2) is 3.78. The number of hydrogen-bond acceptors (Lipinski definition) is 3. The summed E-state index contributed by atoms with van der Waals surface area (Å²) in [6.45, 7) is 4.28. The van der Waals surface area contributed by atoms with E-state index in [1.54, 1.807) is 6.20 Å². The Kier molecular flexibility index (Phi) is 2.48. The van der Waals surface area contributed by atoms with Gasteiger partial charge >= 0.3 is 0 Å². The van der Waals surface area contributed by atoms with Gasteiger partial charge in [0.2, 0.25) is 0 Å². The minimum absolute atomic E-state index is 0.215. The summed E-state index contributed by atoms with van der Waals surface area (Å²) in [6.07, 6.45) is 2.86. The van der Waals surface area contributed by atoms with Crippen LogP contribution in [0.4, 0.5) is 0 Å². The molecular weight excluding hydrogens is 176 g/mol. The summed E-state index contributed by atoms with van der Waals surface area (Å²) in [5.41, 5.74) is 1.89. The van der Waals surface area contributed by atoms with Crippen LogP contribution in [0.3, 0.4) is 0 Å². The Morgan fingerprint density at radius 1 is 1.43 bits per heavy atom. The van der Waals surface area contributed by atoms with Crippen LogP contribution in [-0.2, 0) is 4.84 Å². The van der Waals surface area contributed by atoms with Crippen LogP contribution in [0.25, 0.3) is 0 Å². The third kappa shape index (κ3) is 1.76. The molecule has 0 saturated carbocycles. The van der Waals surface area contributed by atoms with Gasteiger partial charge in [0.15, 0.2) is 0 Å². The summed E-state index contributed by atoms with van der Waals surface area (Å²) < 4.78 is 0. The van der Waals surface area contributed by atoms with Crippen molar-refractivity contribution in [2.24, 2.45) is 11.1 Å². The van der Waals surface area contributed by atoms with E-state index in [-0.39, 0.29) is 6.10 Å². The Labute approximate surface area is 83.8 Å². The van der Waals surface area contributed by atoms with Crippen molar-refractivity contribution in [1.29, 1.82) is 0 Å². The van der Waals surface area contributed by atoms with Crippen LogP contribution in [0.2, 0.25) is 0 Å². The molecule has 0 bridgehead atoms. The van der Waals surface area contributed by atoms with E-state index in [9.17, 15) is 0 Å². The van der Waals surface area contributed by atoms with Crippen molar-refractivity contribution < 1.29 is 4.84 Å². The topological polar surface area (TPSA) is 34.5 Å². The molecule has 1 aromatic rings. The third-order valence-corrected chi connectivity index (χ3v) is 2.40. The number of aromatic nitrogens is 1. The fraction of sp³-hybridized carbons (Fsp3) is 0.455. The van der Waals surface area contributed by atoms with E-state index in [4.69, 9.17) is 4.84 Å². The maximum Gasteiger partial charge on any atom is 0.135 e. The van der Waals surface area contributed by atoms with Crippen molar-refractivity contribution in [3.8, 4) is 0 Å². The molecule has 0 N–H and O–H groups in total. The van der Waals surface area contributed by atoms with Gasteiger partial charge in [-0.05, 0) is 18.1 Å². The average Bonchev–Trinajstić information content (AvgIpc) is 2.68. The van der Waals surface area contributed by atoms with Crippen molar-refractivity contribution >= 4 is 5.71 Å². The molecule has 0 aromatic carbocycles. The number of nitrogens with zero attached hydrogens (tertiary/aromatic N) is 2. The number of pyridine rings is 1. The van der Waals surface area contributed by atoms with E-state index in [0.29, 0.717) is 5.92 Å². The first-order chi connectivity index (χ1) is 6.77. The first-order valence-electron chi connectivity index (χ1n) is 4.91. The molecule has 1 unspecified atom stereocenters. The van der Waals surface area contributed by atoms with Crippen molar-refractivity contribution in [3.63, 3.8) is 0 Å². The quantitative estimate of drug-likeness (QED) is 0.716. The fourth-order valence-electron chi connectivity index (χ4n) is 1.44. The Hall–Kier alpha value is -1.38. The molecule has 1 atom stereocenters. The van der Waals surface area contributed by atoms with Crippen molar-refractivity contribution in [2.45, 2.75) is 26.4 Å². The summed E-state index contributed by atoms with van der Waals surface area (Å²) >= 11 is 0. The van der Waals surface area contributed by atoms with Crippen LogP contribution < -0.4 is 0 Å². The van der Waals surface area contributed by atoms with Gasteiger partial charge in [-0.1, -0.05) is 25.1 Å². The SMILES string of the molecule is CC(C)C1CC(c2ccccn2)=NO1. The minimum Gasteiger partial charge on any atom is -0.392 e. The van der Waals surface area contributed by atoms with Crippen LogP contribution in [-0.4, -0.2) is 16.8 Å². The summed E-state index contributed by atoms with van der Waals surface area (Å²) in [5, 5.41) is 4.06. The Morgan fingerprint density at radius 3 is 2.86 bits per heavy atom. The molecule has 0 amide bonds. The van der Waals surface area contributed by atoms with Gasteiger partial charge in [-0.15, -0.1) is 0 Å².